The van der Waals surface area contributed by atoms with Crippen molar-refractivity contribution in [1.29, 1.82) is 0 Å². The highest BCUT2D eigenvalue weighted by atomic mass is 16.5. The monoisotopic (exact) mass is 386 g/mol. The smallest absolute Gasteiger partial charge is 0.305 e. The lowest BCUT2D eigenvalue weighted by atomic mass is 9.44. The third-order valence-electron chi connectivity index (χ3n) is 8.85. The molecule has 0 bridgehead atoms. The van der Waals surface area contributed by atoms with Crippen molar-refractivity contribution in [3.8, 4) is 0 Å². The molecular formula is C24H34O4. The van der Waals surface area contributed by atoms with Crippen LogP contribution in [0.3, 0.4) is 0 Å². The normalized spacial score (nSPS) is 44.8. The number of ketones is 2. The first kappa shape index (κ1) is 19.8. The van der Waals surface area contributed by atoms with E-state index < -0.39 is 0 Å². The van der Waals surface area contributed by atoms with Gasteiger partial charge in [-0.3, -0.25) is 14.4 Å². The van der Waals surface area contributed by atoms with E-state index in [1.165, 1.54) is 0 Å². The zero-order chi connectivity index (χ0) is 20.3. The summed E-state index contributed by atoms with van der Waals surface area (Å²) in [7, 11) is 0. The van der Waals surface area contributed by atoms with E-state index in [2.05, 4.69) is 19.9 Å². The van der Waals surface area contributed by atoms with Gasteiger partial charge in [0.25, 0.3) is 0 Å². The molecular weight excluding hydrogens is 352 g/mol. The summed E-state index contributed by atoms with van der Waals surface area (Å²) in [4.78, 5) is 37.4. The van der Waals surface area contributed by atoms with Gasteiger partial charge in [-0.15, -0.1) is 0 Å². The van der Waals surface area contributed by atoms with E-state index in [9.17, 15) is 14.4 Å². The Bertz CT molecular complexity index is 737. The average Bonchev–Trinajstić information content (AvgIpc) is 2.98. The van der Waals surface area contributed by atoms with Crippen LogP contribution in [-0.2, 0) is 19.1 Å². The summed E-state index contributed by atoms with van der Waals surface area (Å²) in [5.41, 5.74) is 0.642. The average molecular weight is 387 g/mol. The highest BCUT2D eigenvalue weighted by Crippen LogP contribution is 2.65. The predicted molar refractivity (Wildman–Crippen MR) is 106 cm³/mol. The molecule has 0 heterocycles. The predicted octanol–water partition coefficient (Wildman–Crippen LogP) is 4.66. The Morgan fingerprint density at radius 1 is 1.21 bits per heavy atom. The third kappa shape index (κ3) is 2.81. The Balaban J connectivity index is 1.57. The van der Waals surface area contributed by atoms with Crippen LogP contribution in [0.2, 0.25) is 0 Å². The molecule has 28 heavy (non-hydrogen) atoms. The van der Waals surface area contributed by atoms with Gasteiger partial charge in [-0.05, 0) is 74.2 Å². The minimum absolute atomic E-state index is 0.00935. The van der Waals surface area contributed by atoms with Crippen LogP contribution in [0.25, 0.3) is 0 Å². The minimum Gasteiger partial charge on any atom is -0.462 e. The lowest BCUT2D eigenvalue weighted by molar-refractivity contribution is -0.167. The van der Waals surface area contributed by atoms with E-state index in [0.29, 0.717) is 36.4 Å². The van der Waals surface area contributed by atoms with E-state index in [-0.39, 0.29) is 34.6 Å². The molecule has 4 aliphatic rings. The summed E-state index contributed by atoms with van der Waals surface area (Å²) in [5.74, 6) is 1.75. The molecule has 0 amide bonds. The number of carbonyl (C=O) groups excluding carboxylic acids is 3. The van der Waals surface area contributed by atoms with Crippen LogP contribution in [0.5, 0.6) is 0 Å². The first-order valence-corrected chi connectivity index (χ1v) is 11.1. The maximum absolute atomic E-state index is 13.5. The SMILES string of the molecule is CCC(=O)O[C@@H]1CC[C@]2(C)[C@H](CC[C@H]3[C@H]4CC=C(C(C)=O)[C@]4(C)CC(=O)[C@@H]32)C1. The van der Waals surface area contributed by atoms with E-state index >= 15 is 0 Å². The van der Waals surface area contributed by atoms with Gasteiger partial charge in [0.2, 0.25) is 0 Å². The van der Waals surface area contributed by atoms with Crippen LogP contribution in [-0.4, -0.2) is 23.6 Å². The van der Waals surface area contributed by atoms with Gasteiger partial charge in [0.05, 0.1) is 0 Å². The summed E-state index contributed by atoms with van der Waals surface area (Å²) < 4.78 is 5.65. The van der Waals surface area contributed by atoms with Gasteiger partial charge in [0.15, 0.2) is 5.78 Å². The molecule has 0 aromatic rings. The summed E-state index contributed by atoms with van der Waals surface area (Å²) in [6, 6.07) is 0. The lowest BCUT2D eigenvalue weighted by Gasteiger charge is -2.59. The number of carbonyl (C=O) groups is 3. The van der Waals surface area contributed by atoms with Crippen molar-refractivity contribution in [2.45, 2.75) is 85.2 Å². The molecule has 0 unspecified atom stereocenters. The van der Waals surface area contributed by atoms with Crippen LogP contribution in [0.15, 0.2) is 11.6 Å². The van der Waals surface area contributed by atoms with E-state index in [1.807, 2.05) is 6.92 Å². The zero-order valence-electron chi connectivity index (χ0n) is 17.8. The van der Waals surface area contributed by atoms with Gasteiger partial charge in [-0.25, -0.2) is 0 Å². The van der Waals surface area contributed by atoms with Gasteiger partial charge >= 0.3 is 5.97 Å². The quantitative estimate of drug-likeness (QED) is 0.662. The van der Waals surface area contributed by atoms with Crippen LogP contribution < -0.4 is 0 Å². The Morgan fingerprint density at radius 3 is 2.64 bits per heavy atom. The van der Waals surface area contributed by atoms with Gasteiger partial charge < -0.3 is 4.74 Å². The second-order valence-electron chi connectivity index (χ2n) is 10.2. The van der Waals surface area contributed by atoms with Gasteiger partial charge in [0, 0.05) is 24.2 Å². The Kier molecular flexibility index (Phi) is 4.83. The third-order valence-corrected chi connectivity index (χ3v) is 8.85. The molecule has 0 radical (unpaired) electrons. The number of fused-ring (bicyclic) bond motifs is 5. The molecule has 0 N–H and O–H groups in total. The number of Topliss-reactive ketones (excluding diaryl/α,β-unsaturated/α-hetero) is 2. The minimum atomic E-state index is -0.263. The molecule has 3 fully saturated rings. The van der Waals surface area contributed by atoms with E-state index in [1.54, 1.807) is 6.92 Å². The fourth-order valence-corrected chi connectivity index (χ4v) is 7.53. The second-order valence-corrected chi connectivity index (χ2v) is 10.2. The zero-order valence-corrected chi connectivity index (χ0v) is 17.8. The Labute approximate surface area is 168 Å². The molecule has 0 saturated heterocycles. The summed E-state index contributed by atoms with van der Waals surface area (Å²) in [5, 5.41) is 0. The van der Waals surface area contributed by atoms with E-state index in [0.717, 1.165) is 44.1 Å². The first-order chi connectivity index (χ1) is 13.2. The number of ether oxygens (including phenoxy) is 1. The highest BCUT2D eigenvalue weighted by Gasteiger charge is 2.62. The van der Waals surface area contributed by atoms with Gasteiger partial charge in [-0.2, -0.15) is 0 Å². The summed E-state index contributed by atoms with van der Waals surface area (Å²) >= 11 is 0. The first-order valence-electron chi connectivity index (χ1n) is 11.1. The molecule has 0 spiro atoms. The van der Waals surface area contributed by atoms with Crippen LogP contribution in [0, 0.1) is 34.5 Å². The molecule has 0 aromatic heterocycles. The van der Waals surface area contributed by atoms with Crippen molar-refractivity contribution in [2.24, 2.45) is 34.5 Å². The Hall–Kier alpha value is -1.45. The topological polar surface area (TPSA) is 60.4 Å². The second kappa shape index (κ2) is 6.81. The van der Waals surface area contributed by atoms with Crippen molar-refractivity contribution in [1.82, 2.24) is 0 Å². The van der Waals surface area contributed by atoms with Crippen LogP contribution in [0.4, 0.5) is 0 Å². The number of hydrogen-bond acceptors (Lipinski definition) is 4. The van der Waals surface area contributed by atoms with E-state index in [4.69, 9.17) is 4.74 Å². The van der Waals surface area contributed by atoms with Crippen LogP contribution in [0.1, 0.15) is 79.1 Å². The largest absolute Gasteiger partial charge is 0.462 e. The van der Waals surface area contributed by atoms with Gasteiger partial charge in [-0.1, -0.05) is 26.8 Å². The maximum atomic E-state index is 13.5. The fourth-order valence-electron chi connectivity index (χ4n) is 7.53. The van der Waals surface area contributed by atoms with Crippen molar-refractivity contribution >= 4 is 17.5 Å². The molecule has 4 rings (SSSR count). The van der Waals surface area contributed by atoms with Crippen molar-refractivity contribution in [3.63, 3.8) is 0 Å². The number of allylic oxidation sites excluding steroid dienone is 2. The van der Waals surface area contributed by atoms with Gasteiger partial charge in [0.1, 0.15) is 11.9 Å². The number of rotatable bonds is 3. The lowest BCUT2D eigenvalue weighted by Crippen LogP contribution is -2.57. The molecule has 0 aromatic carbocycles. The molecule has 0 aliphatic heterocycles. The number of esters is 1. The summed E-state index contributed by atoms with van der Waals surface area (Å²) in [6.45, 7) is 7.96. The van der Waals surface area contributed by atoms with Crippen LogP contribution >= 0.6 is 0 Å². The van der Waals surface area contributed by atoms with Crippen molar-refractivity contribution in [2.75, 3.05) is 0 Å². The molecule has 3 saturated carbocycles. The highest BCUT2D eigenvalue weighted by molar-refractivity contribution is 5.97. The molecule has 154 valence electrons. The molecule has 7 atom stereocenters. The van der Waals surface area contributed by atoms with Crippen molar-refractivity contribution in [3.05, 3.63) is 11.6 Å². The summed E-state index contributed by atoms with van der Waals surface area (Å²) in [6.07, 6.45) is 8.92. The number of hydrogen-bond donors (Lipinski definition) is 0. The Morgan fingerprint density at radius 2 is 1.96 bits per heavy atom. The maximum Gasteiger partial charge on any atom is 0.305 e. The molecule has 4 nitrogen and oxygen atoms in total. The molecule has 4 heteroatoms. The fraction of sp³-hybridized carbons (Fsp3) is 0.792. The standard InChI is InChI=1S/C24H34O4/c1-5-21(27)28-16-10-11-23(3)15(12-16)6-7-17-19-9-8-18(14(2)25)24(19,4)13-20(26)22(17)23/h8,15-17,19,22H,5-7,9-13H2,1-4H3/t15-,16-,17+,19-,22-,23-,24+/m1/s1. The molecule has 4 aliphatic carbocycles. The van der Waals surface area contributed by atoms with Crippen molar-refractivity contribution < 1.29 is 19.1 Å².